The molecule has 0 saturated heterocycles. The van der Waals surface area contributed by atoms with Gasteiger partial charge in [0.15, 0.2) is 0 Å². The molecule has 160 valence electrons. The molecule has 0 radical (unpaired) electrons. The van der Waals surface area contributed by atoms with Crippen LogP contribution in [0.2, 0.25) is 0 Å². The Kier molecular flexibility index (Phi) is 6.41. The molecule has 6 heteroatoms. The van der Waals surface area contributed by atoms with Crippen molar-refractivity contribution >= 4 is 28.5 Å². The molecule has 0 saturated carbocycles. The predicted molar refractivity (Wildman–Crippen MR) is 127 cm³/mol. The van der Waals surface area contributed by atoms with Crippen LogP contribution < -0.4 is 16.0 Å². The molecule has 0 aliphatic heterocycles. The van der Waals surface area contributed by atoms with E-state index in [-0.39, 0.29) is 11.9 Å². The van der Waals surface area contributed by atoms with Crippen LogP contribution in [0.5, 0.6) is 0 Å². The predicted octanol–water partition coefficient (Wildman–Crippen LogP) is 4.97. The molecule has 0 aliphatic carbocycles. The Balaban J connectivity index is 1.55. The Morgan fingerprint density at radius 1 is 0.844 bits per heavy atom. The molecule has 4 aromatic rings. The van der Waals surface area contributed by atoms with E-state index in [0.29, 0.717) is 24.3 Å². The quantitative estimate of drug-likeness (QED) is 0.408. The molecule has 6 nitrogen and oxygen atoms in total. The number of hydrogen-bond acceptors (Lipinski definition) is 3. The van der Waals surface area contributed by atoms with Crippen LogP contribution in [-0.4, -0.2) is 23.5 Å². The molecule has 4 rings (SSSR count). The number of nitrogens with one attached hydrogen (secondary N) is 3. The fourth-order valence-corrected chi connectivity index (χ4v) is 3.43. The van der Waals surface area contributed by atoms with Crippen LogP contribution in [0, 0.1) is 0 Å². The van der Waals surface area contributed by atoms with Gasteiger partial charge in [-0.3, -0.25) is 4.79 Å². The Morgan fingerprint density at radius 3 is 2.31 bits per heavy atom. The zero-order valence-electron chi connectivity index (χ0n) is 17.8. The third-order valence-corrected chi connectivity index (χ3v) is 5.03. The number of anilines is 1. The fourth-order valence-electron chi connectivity index (χ4n) is 3.43. The minimum atomic E-state index is -0.205. The van der Waals surface area contributed by atoms with Crippen molar-refractivity contribution in [3.63, 3.8) is 0 Å². The number of hydrogen-bond donors (Lipinski definition) is 3. The SMILES string of the molecule is CCNC(=O)NCc1ccc(NC(=O)c2cc(-c3ccccc3)nc3ccccc23)cc1. The summed E-state index contributed by atoms with van der Waals surface area (Å²) in [6.07, 6.45) is 0. The van der Waals surface area contributed by atoms with Gasteiger partial charge in [0.05, 0.1) is 16.8 Å². The summed E-state index contributed by atoms with van der Waals surface area (Å²) in [6, 6.07) is 26.5. The van der Waals surface area contributed by atoms with Crippen LogP contribution in [-0.2, 0) is 6.54 Å². The number of aromatic nitrogens is 1. The molecule has 1 heterocycles. The third kappa shape index (κ3) is 4.92. The molecule has 0 aliphatic rings. The van der Waals surface area contributed by atoms with Crippen molar-refractivity contribution in [2.45, 2.75) is 13.5 Å². The first-order valence-corrected chi connectivity index (χ1v) is 10.5. The Bertz CT molecular complexity index is 1240. The van der Waals surface area contributed by atoms with Crippen LogP contribution in [0.25, 0.3) is 22.2 Å². The number of para-hydroxylation sites is 1. The minimum Gasteiger partial charge on any atom is -0.338 e. The number of carbonyl (C=O) groups is 2. The van der Waals surface area contributed by atoms with E-state index >= 15 is 0 Å². The van der Waals surface area contributed by atoms with Crippen LogP contribution in [0.3, 0.4) is 0 Å². The Labute approximate surface area is 186 Å². The highest BCUT2D eigenvalue weighted by Gasteiger charge is 2.14. The monoisotopic (exact) mass is 424 g/mol. The Hall–Kier alpha value is -4.19. The molecular formula is C26H24N4O2. The lowest BCUT2D eigenvalue weighted by Crippen LogP contribution is -2.34. The number of rotatable bonds is 6. The molecule has 0 unspecified atom stereocenters. The van der Waals surface area contributed by atoms with Crippen molar-refractivity contribution < 1.29 is 9.59 Å². The summed E-state index contributed by atoms with van der Waals surface area (Å²) in [4.78, 5) is 29.5. The van der Waals surface area contributed by atoms with Crippen molar-refractivity contribution in [1.82, 2.24) is 15.6 Å². The highest BCUT2D eigenvalue weighted by molar-refractivity contribution is 6.13. The number of carbonyl (C=O) groups excluding carboxylic acids is 2. The number of nitrogens with zero attached hydrogens (tertiary/aromatic N) is 1. The largest absolute Gasteiger partial charge is 0.338 e. The molecule has 0 bridgehead atoms. The van der Waals surface area contributed by atoms with Gasteiger partial charge < -0.3 is 16.0 Å². The van der Waals surface area contributed by atoms with E-state index in [1.807, 2.05) is 91.9 Å². The molecule has 32 heavy (non-hydrogen) atoms. The average molecular weight is 425 g/mol. The highest BCUT2D eigenvalue weighted by Crippen LogP contribution is 2.25. The maximum absolute atomic E-state index is 13.2. The lowest BCUT2D eigenvalue weighted by Gasteiger charge is -2.11. The van der Waals surface area contributed by atoms with Gasteiger partial charge in [-0.05, 0) is 36.8 Å². The van der Waals surface area contributed by atoms with Crippen molar-refractivity contribution in [3.8, 4) is 11.3 Å². The first-order chi connectivity index (χ1) is 15.6. The summed E-state index contributed by atoms with van der Waals surface area (Å²) in [5.41, 5.74) is 4.66. The summed E-state index contributed by atoms with van der Waals surface area (Å²) in [5, 5.41) is 9.25. The van der Waals surface area contributed by atoms with E-state index in [2.05, 4.69) is 16.0 Å². The van der Waals surface area contributed by atoms with Crippen molar-refractivity contribution in [1.29, 1.82) is 0 Å². The average Bonchev–Trinajstić information content (AvgIpc) is 2.83. The summed E-state index contributed by atoms with van der Waals surface area (Å²) in [7, 11) is 0. The molecule has 3 N–H and O–H groups in total. The van der Waals surface area contributed by atoms with Gasteiger partial charge in [-0.25, -0.2) is 9.78 Å². The second-order valence-electron chi connectivity index (χ2n) is 7.30. The molecular weight excluding hydrogens is 400 g/mol. The van der Waals surface area contributed by atoms with E-state index in [1.54, 1.807) is 0 Å². The zero-order chi connectivity index (χ0) is 22.3. The number of benzene rings is 3. The number of amides is 3. The standard InChI is InChI=1S/C26H24N4O2/c1-2-27-26(32)28-17-18-12-14-20(15-13-18)29-25(31)22-16-24(19-8-4-3-5-9-19)30-23-11-7-6-10-21(22)23/h3-16H,2,17H2,1H3,(H,29,31)(H2,27,28,32). The van der Waals surface area contributed by atoms with E-state index < -0.39 is 0 Å². The second kappa shape index (κ2) is 9.75. The molecule has 0 fully saturated rings. The van der Waals surface area contributed by atoms with Gasteiger partial charge in [0, 0.05) is 29.7 Å². The minimum absolute atomic E-state index is 0.200. The second-order valence-corrected chi connectivity index (χ2v) is 7.30. The Morgan fingerprint density at radius 2 is 1.56 bits per heavy atom. The molecule has 0 atom stereocenters. The van der Waals surface area contributed by atoms with E-state index in [0.717, 1.165) is 27.7 Å². The maximum Gasteiger partial charge on any atom is 0.315 e. The first-order valence-electron chi connectivity index (χ1n) is 10.5. The zero-order valence-corrected chi connectivity index (χ0v) is 17.8. The number of fused-ring (bicyclic) bond motifs is 1. The van der Waals surface area contributed by atoms with Gasteiger partial charge in [0.1, 0.15) is 0 Å². The fraction of sp³-hybridized carbons (Fsp3) is 0.115. The van der Waals surface area contributed by atoms with E-state index in [9.17, 15) is 9.59 Å². The summed E-state index contributed by atoms with van der Waals surface area (Å²) in [6.45, 7) is 2.85. The van der Waals surface area contributed by atoms with Crippen molar-refractivity contribution in [2.24, 2.45) is 0 Å². The first kappa shape index (κ1) is 21.1. The van der Waals surface area contributed by atoms with Gasteiger partial charge >= 0.3 is 6.03 Å². The molecule has 1 aromatic heterocycles. The lowest BCUT2D eigenvalue weighted by atomic mass is 10.0. The van der Waals surface area contributed by atoms with Crippen molar-refractivity contribution in [2.75, 3.05) is 11.9 Å². The molecule has 0 spiro atoms. The third-order valence-electron chi connectivity index (χ3n) is 5.03. The van der Waals surface area contributed by atoms with Gasteiger partial charge in [0.25, 0.3) is 5.91 Å². The lowest BCUT2D eigenvalue weighted by molar-refractivity contribution is 0.102. The summed E-state index contributed by atoms with van der Waals surface area (Å²) >= 11 is 0. The normalized spacial score (nSPS) is 10.5. The van der Waals surface area contributed by atoms with E-state index in [1.165, 1.54) is 0 Å². The van der Waals surface area contributed by atoms with Crippen LogP contribution >= 0.6 is 0 Å². The van der Waals surface area contributed by atoms with Gasteiger partial charge in [0.2, 0.25) is 0 Å². The van der Waals surface area contributed by atoms with Crippen LogP contribution in [0.4, 0.5) is 10.5 Å². The van der Waals surface area contributed by atoms with Gasteiger partial charge in [-0.2, -0.15) is 0 Å². The van der Waals surface area contributed by atoms with E-state index in [4.69, 9.17) is 4.98 Å². The maximum atomic E-state index is 13.2. The number of pyridine rings is 1. The van der Waals surface area contributed by atoms with Gasteiger partial charge in [-0.1, -0.05) is 60.7 Å². The topological polar surface area (TPSA) is 83.1 Å². The smallest absolute Gasteiger partial charge is 0.315 e. The van der Waals surface area contributed by atoms with Crippen LogP contribution in [0.1, 0.15) is 22.8 Å². The van der Waals surface area contributed by atoms with Crippen molar-refractivity contribution in [3.05, 3.63) is 96.1 Å². The molecule has 3 aromatic carbocycles. The van der Waals surface area contributed by atoms with Gasteiger partial charge in [-0.15, -0.1) is 0 Å². The number of urea groups is 1. The van der Waals surface area contributed by atoms with Crippen LogP contribution in [0.15, 0.2) is 84.9 Å². The molecule has 3 amide bonds. The summed E-state index contributed by atoms with van der Waals surface area (Å²) < 4.78 is 0. The highest BCUT2D eigenvalue weighted by atomic mass is 16.2. The summed E-state index contributed by atoms with van der Waals surface area (Å²) in [5.74, 6) is -0.200.